The molecule has 104 valence electrons. The molecule has 1 atom stereocenters. The van der Waals surface area contributed by atoms with E-state index in [0.717, 1.165) is 6.07 Å². The summed E-state index contributed by atoms with van der Waals surface area (Å²) in [5, 5.41) is 12.4. The average Bonchev–Trinajstić information content (AvgIpc) is 2.38. The van der Waals surface area contributed by atoms with E-state index in [1.165, 1.54) is 17.8 Å². The minimum absolute atomic E-state index is 0.0152. The highest BCUT2D eigenvalue weighted by molar-refractivity contribution is 8.00. The van der Waals surface area contributed by atoms with E-state index in [9.17, 15) is 19.1 Å². The van der Waals surface area contributed by atoms with Crippen LogP contribution in [0.1, 0.15) is 22.7 Å². The minimum atomic E-state index is -1.28. The largest absolute Gasteiger partial charge is 0.477 e. The molecule has 20 heavy (non-hydrogen) atoms. The normalized spacial score (nSPS) is 16.6. The molecule has 7 heteroatoms. The van der Waals surface area contributed by atoms with Gasteiger partial charge in [-0.1, -0.05) is 11.8 Å². The summed E-state index contributed by atoms with van der Waals surface area (Å²) in [5.74, 6) is -1.85. The Morgan fingerprint density at radius 3 is 2.75 bits per heavy atom. The third-order valence-electron chi connectivity index (χ3n) is 3.38. The summed E-state index contributed by atoms with van der Waals surface area (Å²) >= 11 is 1.32. The average molecular weight is 294 g/mol. The topological polar surface area (TPSA) is 71.3 Å². The van der Waals surface area contributed by atoms with Gasteiger partial charge in [0, 0.05) is 12.4 Å². The molecule has 2 N–H and O–H groups in total. The Morgan fingerprint density at radius 1 is 1.50 bits per heavy atom. The second-order valence-corrected chi connectivity index (χ2v) is 5.81. The van der Waals surface area contributed by atoms with E-state index >= 15 is 0 Å². The first-order valence-corrected chi connectivity index (χ1v) is 6.83. The van der Waals surface area contributed by atoms with Gasteiger partial charge in [-0.2, -0.15) is 0 Å². The number of hydrogen-bond donors (Lipinski definition) is 2. The molecule has 5 nitrogen and oxygen atoms in total. The molecule has 1 aromatic heterocycles. The van der Waals surface area contributed by atoms with Gasteiger partial charge >= 0.3 is 5.97 Å². The molecular formula is C13H11FN2O3S. The van der Waals surface area contributed by atoms with Crippen molar-refractivity contribution >= 4 is 34.3 Å². The van der Waals surface area contributed by atoms with Gasteiger partial charge in [0.2, 0.25) is 5.43 Å². The van der Waals surface area contributed by atoms with Gasteiger partial charge in [-0.15, -0.1) is 0 Å². The summed E-state index contributed by atoms with van der Waals surface area (Å²) in [6.45, 7) is 1.90. The molecule has 0 fully saturated rings. The Hall–Kier alpha value is -2.02. The first-order valence-electron chi connectivity index (χ1n) is 5.95. The number of aromatic carboxylic acids is 1. The predicted octanol–water partition coefficient (Wildman–Crippen LogP) is 2.50. The van der Waals surface area contributed by atoms with Crippen molar-refractivity contribution in [2.45, 2.75) is 17.3 Å². The van der Waals surface area contributed by atoms with Gasteiger partial charge in [0.1, 0.15) is 11.4 Å². The molecule has 0 spiro atoms. The van der Waals surface area contributed by atoms with Crippen LogP contribution < -0.4 is 10.7 Å². The Kier molecular flexibility index (Phi) is 2.75. The molecule has 0 bridgehead atoms. The number of benzene rings is 1. The highest BCUT2D eigenvalue weighted by atomic mass is 32.2. The lowest BCUT2D eigenvalue weighted by Gasteiger charge is -2.32. The Morgan fingerprint density at radius 2 is 2.20 bits per heavy atom. The van der Waals surface area contributed by atoms with Crippen LogP contribution in [-0.4, -0.2) is 22.7 Å². The van der Waals surface area contributed by atoms with Crippen LogP contribution >= 0.6 is 11.8 Å². The number of hydrogen-bond acceptors (Lipinski definition) is 4. The number of carboxylic acid groups (broad SMARTS) is 1. The summed E-state index contributed by atoms with van der Waals surface area (Å²) in [5.41, 5.74) is -0.0947. The first-order chi connectivity index (χ1) is 9.45. The zero-order valence-electron chi connectivity index (χ0n) is 10.7. The number of carbonyl (C=O) groups is 1. The zero-order valence-corrected chi connectivity index (χ0v) is 11.5. The van der Waals surface area contributed by atoms with Crippen LogP contribution in [0.4, 0.5) is 10.1 Å². The lowest BCUT2D eigenvalue weighted by molar-refractivity contribution is 0.0689. The molecule has 1 aromatic carbocycles. The van der Waals surface area contributed by atoms with Crippen molar-refractivity contribution in [3.8, 4) is 0 Å². The van der Waals surface area contributed by atoms with E-state index in [-0.39, 0.29) is 22.0 Å². The van der Waals surface area contributed by atoms with Crippen LogP contribution in [0, 0.1) is 5.82 Å². The van der Waals surface area contributed by atoms with Crippen LogP contribution in [0.25, 0.3) is 10.9 Å². The van der Waals surface area contributed by atoms with Crippen molar-refractivity contribution in [1.82, 2.24) is 4.57 Å². The van der Waals surface area contributed by atoms with Crippen molar-refractivity contribution in [1.29, 1.82) is 0 Å². The second-order valence-electron chi connectivity index (χ2n) is 4.50. The monoisotopic (exact) mass is 294 g/mol. The number of aromatic nitrogens is 1. The Labute approximate surface area is 117 Å². The minimum Gasteiger partial charge on any atom is -0.477 e. The number of fused-ring (bicyclic) bond motifs is 3. The predicted molar refractivity (Wildman–Crippen MR) is 75.2 cm³/mol. The van der Waals surface area contributed by atoms with E-state index in [1.54, 1.807) is 11.6 Å². The molecule has 0 aliphatic carbocycles. The summed E-state index contributed by atoms with van der Waals surface area (Å²) in [4.78, 5) is 23.5. The summed E-state index contributed by atoms with van der Waals surface area (Å²) in [6.07, 6.45) is 0. The highest BCUT2D eigenvalue weighted by Gasteiger charge is 2.32. The lowest BCUT2D eigenvalue weighted by atomic mass is 10.1. The van der Waals surface area contributed by atoms with Crippen LogP contribution in [-0.2, 0) is 0 Å². The van der Waals surface area contributed by atoms with Gasteiger partial charge in [0.15, 0.2) is 0 Å². The summed E-state index contributed by atoms with van der Waals surface area (Å²) < 4.78 is 15.6. The van der Waals surface area contributed by atoms with Gasteiger partial charge in [-0.25, -0.2) is 9.18 Å². The van der Waals surface area contributed by atoms with E-state index in [0.29, 0.717) is 10.5 Å². The maximum absolute atomic E-state index is 13.8. The third-order valence-corrected chi connectivity index (χ3v) is 4.55. The van der Waals surface area contributed by atoms with E-state index in [1.807, 2.05) is 6.92 Å². The van der Waals surface area contributed by atoms with Gasteiger partial charge < -0.3 is 15.0 Å². The maximum Gasteiger partial charge on any atom is 0.342 e. The fraction of sp³-hybridized carbons (Fsp3) is 0.231. The van der Waals surface area contributed by atoms with Gasteiger partial charge in [0.25, 0.3) is 0 Å². The van der Waals surface area contributed by atoms with Gasteiger partial charge in [-0.3, -0.25) is 4.79 Å². The molecule has 1 aliphatic heterocycles. The molecule has 3 rings (SSSR count). The van der Waals surface area contributed by atoms with Crippen molar-refractivity contribution in [2.24, 2.45) is 0 Å². The van der Waals surface area contributed by atoms with Crippen molar-refractivity contribution < 1.29 is 14.3 Å². The number of carboxylic acids is 1. The number of anilines is 1. The van der Waals surface area contributed by atoms with E-state index in [2.05, 4.69) is 5.32 Å². The molecule has 0 amide bonds. The highest BCUT2D eigenvalue weighted by Crippen LogP contribution is 2.46. The number of rotatable bonds is 2. The Bertz CT molecular complexity index is 816. The molecule has 0 saturated heterocycles. The summed E-state index contributed by atoms with van der Waals surface area (Å²) in [6, 6.07) is 2.64. The molecule has 2 heterocycles. The van der Waals surface area contributed by atoms with Crippen LogP contribution in [0.3, 0.4) is 0 Å². The van der Waals surface area contributed by atoms with Crippen molar-refractivity contribution in [3.05, 3.63) is 33.7 Å². The quantitative estimate of drug-likeness (QED) is 0.890. The number of thioether (sulfide) groups is 1. The zero-order chi connectivity index (χ0) is 14.6. The number of pyridine rings is 1. The summed E-state index contributed by atoms with van der Waals surface area (Å²) in [7, 11) is 1.59. The van der Waals surface area contributed by atoms with Crippen molar-refractivity contribution in [2.75, 3.05) is 12.4 Å². The standard InChI is InChI=1S/C13H11FN2O3S/c1-5-16-9-4-8(15-2)7(14)3-6(9)11(17)10(13(18)19)12(16)20-5/h3-5,15H,1-2H3,(H,18,19). The van der Waals surface area contributed by atoms with E-state index < -0.39 is 17.2 Å². The Balaban J connectivity index is 2.50. The smallest absolute Gasteiger partial charge is 0.342 e. The molecular weight excluding hydrogens is 283 g/mol. The first kappa shape index (κ1) is 13.0. The molecule has 0 saturated carbocycles. The molecule has 0 radical (unpaired) electrons. The van der Waals surface area contributed by atoms with Gasteiger partial charge in [0.05, 0.1) is 21.6 Å². The number of halogens is 1. The maximum atomic E-state index is 13.8. The third kappa shape index (κ3) is 1.56. The lowest BCUT2D eigenvalue weighted by Crippen LogP contribution is -2.28. The van der Waals surface area contributed by atoms with Gasteiger partial charge in [-0.05, 0) is 19.1 Å². The van der Waals surface area contributed by atoms with Crippen LogP contribution in [0.2, 0.25) is 0 Å². The number of nitrogens with one attached hydrogen (secondary N) is 1. The SMILES string of the molecule is CNc1cc2c(cc1F)c(=O)c(C(=O)O)c1n2C(C)S1. The molecule has 2 aromatic rings. The number of nitrogens with zero attached hydrogens (tertiary/aromatic N) is 1. The van der Waals surface area contributed by atoms with Crippen LogP contribution in [0.15, 0.2) is 22.0 Å². The van der Waals surface area contributed by atoms with Crippen molar-refractivity contribution in [3.63, 3.8) is 0 Å². The van der Waals surface area contributed by atoms with E-state index in [4.69, 9.17) is 0 Å². The molecule has 1 unspecified atom stereocenters. The molecule has 1 aliphatic rings. The fourth-order valence-corrected chi connectivity index (χ4v) is 3.58. The fourth-order valence-electron chi connectivity index (χ4n) is 2.43. The second kappa shape index (κ2) is 4.24. The van der Waals surface area contributed by atoms with Crippen LogP contribution in [0.5, 0.6) is 0 Å².